The van der Waals surface area contributed by atoms with Gasteiger partial charge in [0, 0.05) is 23.0 Å². The summed E-state index contributed by atoms with van der Waals surface area (Å²) in [6, 6.07) is 10.2. The molecule has 2 N–H and O–H groups in total. The van der Waals surface area contributed by atoms with Gasteiger partial charge in [-0.3, -0.25) is 24.6 Å². The number of likely N-dealkylation sites (N-methyl/N-ethyl adjacent to an activating group) is 1. The predicted octanol–water partition coefficient (Wildman–Crippen LogP) is 3.03. The fraction of sp³-hybridized carbons (Fsp3) is 0.300. The van der Waals surface area contributed by atoms with Crippen LogP contribution in [-0.4, -0.2) is 41.8 Å². The van der Waals surface area contributed by atoms with Crippen molar-refractivity contribution >= 4 is 28.9 Å². The van der Waals surface area contributed by atoms with E-state index in [2.05, 4.69) is 10.6 Å². The van der Waals surface area contributed by atoms with Crippen LogP contribution in [0.15, 0.2) is 36.4 Å². The lowest BCUT2D eigenvalue weighted by atomic mass is 10.1. The summed E-state index contributed by atoms with van der Waals surface area (Å²) in [6.07, 6.45) is 0. The number of hydrogen-bond donors (Lipinski definition) is 2. The predicted molar refractivity (Wildman–Crippen MR) is 109 cm³/mol. The molecule has 148 valence electrons. The van der Waals surface area contributed by atoms with Crippen LogP contribution in [-0.2, 0) is 9.59 Å². The van der Waals surface area contributed by atoms with Gasteiger partial charge in [-0.1, -0.05) is 18.2 Å². The molecule has 0 aliphatic heterocycles. The molecule has 8 heteroatoms. The van der Waals surface area contributed by atoms with Crippen LogP contribution in [0, 0.1) is 30.9 Å². The highest BCUT2D eigenvalue weighted by atomic mass is 16.6. The number of aryl methyl sites for hydroxylation is 2. The standard InChI is InChI=1S/C20H24N4O4/c1-13-6-5-7-17(15(13)3)22-20(26)12-23(4)11-19(25)21-16-9-8-14(2)18(10-16)24(27)28/h5-10H,11-12H2,1-4H3,(H,21,25)(H,22,26). The average molecular weight is 384 g/mol. The minimum atomic E-state index is -0.491. The number of hydrogen-bond acceptors (Lipinski definition) is 5. The lowest BCUT2D eigenvalue weighted by molar-refractivity contribution is -0.385. The van der Waals surface area contributed by atoms with Gasteiger partial charge in [0.2, 0.25) is 11.8 Å². The number of nitro benzene ring substituents is 1. The highest BCUT2D eigenvalue weighted by Crippen LogP contribution is 2.22. The molecule has 0 saturated heterocycles. The molecule has 0 spiro atoms. The molecule has 2 amide bonds. The molecule has 0 unspecified atom stereocenters. The number of carbonyl (C=O) groups excluding carboxylic acids is 2. The fourth-order valence-corrected chi connectivity index (χ4v) is 2.71. The molecule has 0 aliphatic carbocycles. The Bertz CT molecular complexity index is 911. The first-order chi connectivity index (χ1) is 13.2. The molecule has 8 nitrogen and oxygen atoms in total. The summed E-state index contributed by atoms with van der Waals surface area (Å²) < 4.78 is 0. The van der Waals surface area contributed by atoms with Crippen molar-refractivity contribution in [1.82, 2.24) is 4.90 Å². The number of nitrogens with zero attached hydrogens (tertiary/aromatic N) is 2. The van der Waals surface area contributed by atoms with Crippen molar-refractivity contribution in [2.24, 2.45) is 0 Å². The van der Waals surface area contributed by atoms with E-state index in [9.17, 15) is 19.7 Å². The molecule has 0 atom stereocenters. The van der Waals surface area contributed by atoms with Gasteiger partial charge in [-0.25, -0.2) is 0 Å². The number of nitrogens with one attached hydrogen (secondary N) is 2. The SMILES string of the molecule is Cc1ccc(NC(=O)CN(C)CC(=O)Nc2cccc(C)c2C)cc1[N+](=O)[O-]. The molecule has 2 aromatic carbocycles. The van der Waals surface area contributed by atoms with Crippen LogP contribution >= 0.6 is 0 Å². The van der Waals surface area contributed by atoms with Crippen LogP contribution in [0.3, 0.4) is 0 Å². The van der Waals surface area contributed by atoms with Crippen molar-refractivity contribution in [1.29, 1.82) is 0 Å². The van der Waals surface area contributed by atoms with Gasteiger partial charge < -0.3 is 10.6 Å². The highest BCUT2D eigenvalue weighted by Gasteiger charge is 2.15. The van der Waals surface area contributed by atoms with Crippen molar-refractivity contribution in [3.05, 3.63) is 63.2 Å². The minimum Gasteiger partial charge on any atom is -0.325 e. The Hall–Kier alpha value is -3.26. The molecule has 0 aromatic heterocycles. The van der Waals surface area contributed by atoms with E-state index < -0.39 is 4.92 Å². The second kappa shape index (κ2) is 9.09. The highest BCUT2D eigenvalue weighted by molar-refractivity contribution is 5.95. The molecular formula is C20H24N4O4. The Morgan fingerprint density at radius 3 is 2.29 bits per heavy atom. The molecule has 0 heterocycles. The van der Waals surface area contributed by atoms with E-state index in [0.717, 1.165) is 16.8 Å². The van der Waals surface area contributed by atoms with E-state index in [4.69, 9.17) is 0 Å². The lowest BCUT2D eigenvalue weighted by Crippen LogP contribution is -2.36. The van der Waals surface area contributed by atoms with E-state index in [1.807, 2.05) is 32.0 Å². The van der Waals surface area contributed by atoms with Gasteiger partial charge in [0.15, 0.2) is 0 Å². The van der Waals surface area contributed by atoms with Gasteiger partial charge in [-0.05, 0) is 51.1 Å². The number of carbonyl (C=O) groups is 2. The molecule has 0 fully saturated rings. The maximum atomic E-state index is 12.2. The maximum absolute atomic E-state index is 12.2. The Morgan fingerprint density at radius 2 is 1.64 bits per heavy atom. The number of nitro groups is 1. The van der Waals surface area contributed by atoms with Gasteiger partial charge >= 0.3 is 0 Å². The second-order valence-corrected chi connectivity index (χ2v) is 6.77. The Kier molecular flexibility index (Phi) is 6.84. The van der Waals surface area contributed by atoms with Crippen LogP contribution < -0.4 is 10.6 Å². The summed E-state index contributed by atoms with van der Waals surface area (Å²) in [4.78, 5) is 36.5. The molecule has 28 heavy (non-hydrogen) atoms. The lowest BCUT2D eigenvalue weighted by Gasteiger charge is -2.17. The van der Waals surface area contributed by atoms with Gasteiger partial charge in [0.05, 0.1) is 18.0 Å². The van der Waals surface area contributed by atoms with Crippen molar-refractivity contribution in [2.75, 3.05) is 30.8 Å². The zero-order valence-electron chi connectivity index (χ0n) is 16.4. The quantitative estimate of drug-likeness (QED) is 0.564. The number of benzene rings is 2. The molecule has 0 aliphatic rings. The van der Waals surface area contributed by atoms with Crippen LogP contribution in [0.4, 0.5) is 17.1 Å². The second-order valence-electron chi connectivity index (χ2n) is 6.77. The van der Waals surface area contributed by atoms with Crippen LogP contribution in [0.5, 0.6) is 0 Å². The summed E-state index contributed by atoms with van der Waals surface area (Å²) >= 11 is 0. The Labute approximate surface area is 163 Å². The normalized spacial score (nSPS) is 10.6. The zero-order valence-corrected chi connectivity index (χ0v) is 16.4. The number of rotatable bonds is 7. The van der Waals surface area contributed by atoms with Crippen LogP contribution in [0.25, 0.3) is 0 Å². The van der Waals surface area contributed by atoms with E-state index in [1.54, 1.807) is 31.0 Å². The summed E-state index contributed by atoms with van der Waals surface area (Å²) in [6.45, 7) is 5.54. The largest absolute Gasteiger partial charge is 0.325 e. The summed E-state index contributed by atoms with van der Waals surface area (Å²) in [5.74, 6) is -0.588. The first-order valence-corrected chi connectivity index (χ1v) is 8.77. The van der Waals surface area contributed by atoms with Crippen molar-refractivity contribution in [3.63, 3.8) is 0 Å². The fourth-order valence-electron chi connectivity index (χ4n) is 2.71. The van der Waals surface area contributed by atoms with Crippen molar-refractivity contribution in [2.45, 2.75) is 20.8 Å². The van der Waals surface area contributed by atoms with E-state index in [0.29, 0.717) is 11.3 Å². The van der Waals surface area contributed by atoms with Gasteiger partial charge in [-0.15, -0.1) is 0 Å². The molecule has 0 radical (unpaired) electrons. The smallest absolute Gasteiger partial charge is 0.274 e. The Morgan fingerprint density at radius 1 is 1.00 bits per heavy atom. The van der Waals surface area contributed by atoms with Crippen molar-refractivity contribution < 1.29 is 14.5 Å². The van der Waals surface area contributed by atoms with Crippen LogP contribution in [0.1, 0.15) is 16.7 Å². The van der Waals surface area contributed by atoms with Gasteiger partial charge in [0.1, 0.15) is 0 Å². The first kappa shape index (κ1) is 21.0. The van der Waals surface area contributed by atoms with Gasteiger partial charge in [-0.2, -0.15) is 0 Å². The molecular weight excluding hydrogens is 360 g/mol. The molecule has 2 rings (SSSR count). The Balaban J connectivity index is 1.90. The van der Waals surface area contributed by atoms with E-state index in [1.165, 1.54) is 6.07 Å². The molecule has 0 saturated carbocycles. The third kappa shape index (κ3) is 5.62. The van der Waals surface area contributed by atoms with E-state index in [-0.39, 0.29) is 30.6 Å². The molecule has 0 bridgehead atoms. The maximum Gasteiger partial charge on any atom is 0.274 e. The van der Waals surface area contributed by atoms with E-state index >= 15 is 0 Å². The minimum absolute atomic E-state index is 0.0259. The summed E-state index contributed by atoms with van der Waals surface area (Å²) in [7, 11) is 1.65. The van der Waals surface area contributed by atoms with Crippen molar-refractivity contribution in [3.8, 4) is 0 Å². The number of anilines is 2. The third-order valence-electron chi connectivity index (χ3n) is 4.40. The molecule has 2 aromatic rings. The average Bonchev–Trinajstić information content (AvgIpc) is 2.60. The van der Waals surface area contributed by atoms with Gasteiger partial charge in [0.25, 0.3) is 5.69 Å². The summed E-state index contributed by atoms with van der Waals surface area (Å²) in [5.41, 5.74) is 3.63. The monoisotopic (exact) mass is 384 g/mol. The number of amides is 2. The summed E-state index contributed by atoms with van der Waals surface area (Å²) in [5, 5.41) is 16.5. The first-order valence-electron chi connectivity index (χ1n) is 8.77. The van der Waals surface area contributed by atoms with Crippen LogP contribution in [0.2, 0.25) is 0 Å². The third-order valence-corrected chi connectivity index (χ3v) is 4.40. The topological polar surface area (TPSA) is 105 Å². The zero-order chi connectivity index (χ0) is 20.8.